The van der Waals surface area contributed by atoms with Gasteiger partial charge in [0.25, 0.3) is 5.91 Å². The Balaban J connectivity index is 1.29. The van der Waals surface area contributed by atoms with Crippen molar-refractivity contribution in [2.45, 2.75) is 31.5 Å². The van der Waals surface area contributed by atoms with Crippen LogP contribution in [0.2, 0.25) is 0 Å². The van der Waals surface area contributed by atoms with E-state index in [4.69, 9.17) is 0 Å². The third kappa shape index (κ3) is 5.42. The number of carbonyl (C=O) groups is 1. The Morgan fingerprint density at radius 2 is 1.90 bits per heavy atom. The number of imidazole rings is 1. The highest BCUT2D eigenvalue weighted by Gasteiger charge is 2.24. The molecule has 0 atom stereocenters. The smallest absolute Gasteiger partial charge is 0.377 e. The summed E-state index contributed by atoms with van der Waals surface area (Å²) in [6, 6.07) is 7.42. The number of hydrogen-bond donors (Lipinski definition) is 1. The van der Waals surface area contributed by atoms with Gasteiger partial charge in [0.15, 0.2) is 5.65 Å². The van der Waals surface area contributed by atoms with Crippen molar-refractivity contribution in [1.29, 1.82) is 0 Å². The molecule has 4 rings (SSSR count). The zero-order valence-corrected chi connectivity index (χ0v) is 16.7. The number of allylic oxidation sites excluding steroid dienone is 1. The van der Waals surface area contributed by atoms with Gasteiger partial charge in [0.1, 0.15) is 0 Å². The van der Waals surface area contributed by atoms with Crippen LogP contribution in [0.3, 0.4) is 0 Å². The van der Waals surface area contributed by atoms with Crippen LogP contribution in [0.1, 0.15) is 40.4 Å². The normalized spacial score (nSPS) is 15.6. The van der Waals surface area contributed by atoms with Crippen molar-refractivity contribution in [2.24, 2.45) is 0 Å². The Kier molecular flexibility index (Phi) is 5.92. The Morgan fingerprint density at radius 1 is 1.16 bits per heavy atom. The molecule has 2 aromatic heterocycles. The molecule has 0 saturated carbocycles. The summed E-state index contributed by atoms with van der Waals surface area (Å²) in [6.45, 7) is 1.46. The molecule has 1 saturated heterocycles. The van der Waals surface area contributed by atoms with Gasteiger partial charge in [0, 0.05) is 49.5 Å². The molecule has 1 aromatic carbocycles. The number of piperidine rings is 1. The molecule has 0 bridgehead atoms. The van der Waals surface area contributed by atoms with Gasteiger partial charge in [-0.2, -0.15) is 13.2 Å². The van der Waals surface area contributed by atoms with Gasteiger partial charge in [-0.05, 0) is 36.5 Å². The number of nitrogens with zero attached hydrogens (tertiary/aromatic N) is 4. The first-order valence-corrected chi connectivity index (χ1v) is 10.0. The first kappa shape index (κ1) is 20.9. The molecule has 1 amide bonds. The predicted octanol–water partition coefficient (Wildman–Crippen LogP) is 3.91. The molecular formula is C22H22F3N5O. The number of halogens is 3. The highest BCUT2D eigenvalue weighted by molar-refractivity contribution is 5.94. The van der Waals surface area contributed by atoms with Gasteiger partial charge < -0.3 is 14.6 Å². The van der Waals surface area contributed by atoms with Crippen molar-refractivity contribution < 1.29 is 18.0 Å². The van der Waals surface area contributed by atoms with E-state index in [0.29, 0.717) is 25.2 Å². The molecule has 0 unspecified atom stereocenters. The van der Waals surface area contributed by atoms with E-state index in [1.165, 1.54) is 0 Å². The fraction of sp³-hybridized carbons (Fsp3) is 0.318. The largest absolute Gasteiger partial charge is 0.411 e. The Hall–Kier alpha value is -3.36. The maximum atomic E-state index is 12.5. The summed E-state index contributed by atoms with van der Waals surface area (Å²) in [5.74, 6) is 0.0879. The molecule has 0 spiro atoms. The minimum absolute atomic E-state index is 0.189. The van der Waals surface area contributed by atoms with E-state index in [9.17, 15) is 18.0 Å². The zero-order chi connectivity index (χ0) is 21.8. The SMILES string of the molecule is O=C(NCc1cn2ccnc2cn1)c1ccc(C2CCN(C=CC(F)(F)F)CC2)cc1. The van der Waals surface area contributed by atoms with Crippen LogP contribution in [0.4, 0.5) is 13.2 Å². The number of aromatic nitrogens is 3. The third-order valence-corrected chi connectivity index (χ3v) is 5.41. The standard InChI is InChI=1S/C22H22F3N5O/c23-22(24,25)7-11-29-9-5-17(6-10-29)16-1-3-18(4-2-16)21(31)28-13-19-15-30-12-8-26-20(30)14-27-19/h1-4,7-8,11-12,14-15,17H,5-6,9-10,13H2,(H,28,31). The number of benzene rings is 1. The number of carbonyl (C=O) groups excluding carboxylic acids is 1. The summed E-state index contributed by atoms with van der Waals surface area (Å²) in [4.78, 5) is 22.6. The van der Waals surface area contributed by atoms with Crippen molar-refractivity contribution in [1.82, 2.24) is 24.6 Å². The van der Waals surface area contributed by atoms with Crippen molar-refractivity contribution in [3.8, 4) is 0 Å². The van der Waals surface area contributed by atoms with Crippen molar-refractivity contribution >= 4 is 11.6 Å². The summed E-state index contributed by atoms with van der Waals surface area (Å²) < 4.78 is 38.7. The van der Waals surface area contributed by atoms with E-state index >= 15 is 0 Å². The lowest BCUT2D eigenvalue weighted by Gasteiger charge is -2.31. The van der Waals surface area contributed by atoms with Crippen LogP contribution in [0.15, 0.2) is 61.3 Å². The first-order valence-electron chi connectivity index (χ1n) is 10.0. The van der Waals surface area contributed by atoms with E-state index in [1.54, 1.807) is 29.4 Å². The van der Waals surface area contributed by atoms with Crippen LogP contribution in [0.25, 0.3) is 5.65 Å². The van der Waals surface area contributed by atoms with E-state index in [2.05, 4.69) is 15.3 Å². The molecule has 31 heavy (non-hydrogen) atoms. The van der Waals surface area contributed by atoms with Crippen LogP contribution in [0, 0.1) is 0 Å². The van der Waals surface area contributed by atoms with Gasteiger partial charge in [-0.15, -0.1) is 0 Å². The molecule has 1 aliphatic rings. The molecule has 3 heterocycles. The number of alkyl halides is 3. The minimum Gasteiger partial charge on any atom is -0.377 e. The first-order chi connectivity index (χ1) is 14.9. The van der Waals surface area contributed by atoms with Gasteiger partial charge >= 0.3 is 6.18 Å². The maximum absolute atomic E-state index is 12.5. The highest BCUT2D eigenvalue weighted by atomic mass is 19.4. The predicted molar refractivity (Wildman–Crippen MR) is 109 cm³/mol. The average molecular weight is 429 g/mol. The number of nitrogens with one attached hydrogen (secondary N) is 1. The Morgan fingerprint density at radius 3 is 2.61 bits per heavy atom. The summed E-state index contributed by atoms with van der Waals surface area (Å²) in [5, 5.41) is 2.86. The van der Waals surface area contributed by atoms with Gasteiger partial charge in [-0.1, -0.05) is 12.1 Å². The third-order valence-electron chi connectivity index (χ3n) is 5.41. The van der Waals surface area contributed by atoms with Crippen molar-refractivity contribution in [2.75, 3.05) is 13.1 Å². The summed E-state index contributed by atoms with van der Waals surface area (Å²) in [7, 11) is 0. The number of amides is 1. The van der Waals surface area contributed by atoms with Crippen molar-refractivity contribution in [3.63, 3.8) is 0 Å². The van der Waals surface area contributed by atoms with E-state index in [0.717, 1.165) is 35.9 Å². The molecule has 162 valence electrons. The van der Waals surface area contributed by atoms with Crippen molar-refractivity contribution in [3.05, 3.63) is 78.1 Å². The van der Waals surface area contributed by atoms with E-state index in [1.807, 2.05) is 28.9 Å². The van der Waals surface area contributed by atoms with Crippen LogP contribution >= 0.6 is 0 Å². The van der Waals surface area contributed by atoms with Gasteiger partial charge in [-0.25, -0.2) is 4.98 Å². The van der Waals surface area contributed by atoms with Crippen LogP contribution in [-0.4, -0.2) is 44.4 Å². The summed E-state index contributed by atoms with van der Waals surface area (Å²) in [5.41, 5.74) is 3.12. The lowest BCUT2D eigenvalue weighted by molar-refractivity contribution is -0.0808. The fourth-order valence-electron chi connectivity index (χ4n) is 3.71. The second kappa shape index (κ2) is 8.79. The lowest BCUT2D eigenvalue weighted by Crippen LogP contribution is -2.29. The molecule has 9 heteroatoms. The summed E-state index contributed by atoms with van der Waals surface area (Å²) >= 11 is 0. The second-order valence-corrected chi connectivity index (χ2v) is 7.54. The van der Waals surface area contributed by atoms with Gasteiger partial charge in [0.05, 0.1) is 18.4 Å². The van der Waals surface area contributed by atoms with Gasteiger partial charge in [0.2, 0.25) is 0 Å². The molecule has 3 aromatic rings. The Bertz CT molecular complexity index is 1070. The molecule has 1 N–H and O–H groups in total. The lowest BCUT2D eigenvalue weighted by atomic mass is 9.89. The Labute approximate surface area is 177 Å². The van der Waals surface area contributed by atoms with Gasteiger partial charge in [-0.3, -0.25) is 9.78 Å². The number of likely N-dealkylation sites (tertiary alicyclic amines) is 1. The minimum atomic E-state index is -4.28. The van der Waals surface area contributed by atoms with E-state index in [-0.39, 0.29) is 17.9 Å². The molecule has 6 nitrogen and oxygen atoms in total. The number of fused-ring (bicyclic) bond motifs is 1. The maximum Gasteiger partial charge on any atom is 0.411 e. The average Bonchev–Trinajstić information content (AvgIpc) is 3.24. The fourth-order valence-corrected chi connectivity index (χ4v) is 3.71. The number of rotatable bonds is 5. The van der Waals surface area contributed by atoms with Crippen LogP contribution in [0.5, 0.6) is 0 Å². The zero-order valence-electron chi connectivity index (χ0n) is 16.7. The molecular weight excluding hydrogens is 407 g/mol. The summed E-state index contributed by atoms with van der Waals surface area (Å²) in [6.07, 6.45) is 5.65. The molecule has 1 aliphatic heterocycles. The highest BCUT2D eigenvalue weighted by Crippen LogP contribution is 2.29. The molecule has 1 fully saturated rings. The van der Waals surface area contributed by atoms with Crippen LogP contribution in [-0.2, 0) is 6.54 Å². The van der Waals surface area contributed by atoms with Crippen LogP contribution < -0.4 is 5.32 Å². The molecule has 0 radical (unpaired) electrons. The molecule has 0 aliphatic carbocycles. The monoisotopic (exact) mass is 429 g/mol. The number of hydrogen-bond acceptors (Lipinski definition) is 4. The quantitative estimate of drug-likeness (QED) is 0.668. The second-order valence-electron chi connectivity index (χ2n) is 7.54. The topological polar surface area (TPSA) is 62.5 Å². The van der Waals surface area contributed by atoms with E-state index < -0.39 is 6.18 Å².